The molecule has 2 fully saturated rings. The van der Waals surface area contributed by atoms with Crippen LogP contribution in [-0.2, 0) is 5.60 Å². The van der Waals surface area contributed by atoms with Crippen LogP contribution in [0, 0.1) is 0 Å². The van der Waals surface area contributed by atoms with Crippen LogP contribution in [0.4, 0.5) is 13.2 Å². The number of amides is 1. The van der Waals surface area contributed by atoms with Gasteiger partial charge in [0.1, 0.15) is 0 Å². The molecule has 1 N–H and O–H groups in total. The van der Waals surface area contributed by atoms with E-state index in [9.17, 15) is 23.1 Å². The van der Waals surface area contributed by atoms with Crippen LogP contribution in [0.3, 0.4) is 0 Å². The molecule has 0 bridgehead atoms. The molecule has 4 rings (SSSR count). The summed E-state index contributed by atoms with van der Waals surface area (Å²) in [6.07, 6.45) is 1.19. The van der Waals surface area contributed by atoms with Gasteiger partial charge in [0.05, 0.1) is 0 Å². The number of halogens is 3. The molecule has 162 valence electrons. The lowest BCUT2D eigenvalue weighted by atomic mass is 9.84. The molecule has 7 heteroatoms. The van der Waals surface area contributed by atoms with E-state index in [1.807, 2.05) is 4.90 Å². The molecular weight excluding hydrogens is 411 g/mol. The molecule has 1 heterocycles. The summed E-state index contributed by atoms with van der Waals surface area (Å²) in [5.74, 6) is 0.441. The lowest BCUT2D eigenvalue weighted by Crippen LogP contribution is -2.43. The Labute approximate surface area is 178 Å². The number of nitrogens with zero attached hydrogens (tertiary/aromatic N) is 1. The molecule has 0 spiro atoms. The van der Waals surface area contributed by atoms with E-state index in [1.165, 1.54) is 29.1 Å². The molecule has 3 nitrogen and oxygen atoms in total. The molecule has 0 unspecified atom stereocenters. The van der Waals surface area contributed by atoms with E-state index in [1.54, 1.807) is 11.3 Å². The van der Waals surface area contributed by atoms with Gasteiger partial charge in [-0.05, 0) is 80.5 Å². The second-order valence-electron chi connectivity index (χ2n) is 8.61. The van der Waals surface area contributed by atoms with Crippen LogP contribution in [0.5, 0.6) is 0 Å². The fourth-order valence-electron chi connectivity index (χ4n) is 4.39. The Morgan fingerprint density at radius 3 is 2.03 bits per heavy atom. The standard InChI is InChI=1S/C23H26F3NO2S/c1-22(29,23(24,25)26)17-8-4-16(5-9-17)21(28)27(19-12-13-19)18-10-6-15(7-11-18)20-3-2-14-30-20/h2-5,8-9,14-15,18-19,29H,6-7,10-13H2,1H3/t15-,18+,22-/m0/s1. The predicted octanol–water partition coefficient (Wildman–Crippen LogP) is 5.85. The van der Waals surface area contributed by atoms with Crippen LogP contribution < -0.4 is 0 Å². The number of thiophene rings is 1. The number of aliphatic hydroxyl groups is 1. The Hall–Kier alpha value is -1.86. The minimum Gasteiger partial charge on any atom is -0.376 e. The molecule has 1 amide bonds. The van der Waals surface area contributed by atoms with Gasteiger partial charge in [-0.15, -0.1) is 11.3 Å². The van der Waals surface area contributed by atoms with E-state index in [0.717, 1.165) is 45.4 Å². The maximum absolute atomic E-state index is 13.2. The number of alkyl halides is 3. The summed E-state index contributed by atoms with van der Waals surface area (Å²) in [7, 11) is 0. The maximum Gasteiger partial charge on any atom is 0.421 e. The first-order chi connectivity index (χ1) is 14.2. The van der Waals surface area contributed by atoms with Crippen LogP contribution >= 0.6 is 11.3 Å². The average Bonchev–Trinajstić information content (AvgIpc) is 3.39. The highest BCUT2D eigenvalue weighted by atomic mass is 32.1. The highest BCUT2D eigenvalue weighted by Gasteiger charge is 2.51. The van der Waals surface area contributed by atoms with Crippen molar-refractivity contribution in [1.29, 1.82) is 0 Å². The van der Waals surface area contributed by atoms with Gasteiger partial charge in [0.2, 0.25) is 0 Å². The molecule has 2 aromatic rings. The zero-order valence-electron chi connectivity index (χ0n) is 16.9. The second kappa shape index (κ2) is 8.00. The molecule has 1 aromatic heterocycles. The minimum absolute atomic E-state index is 0.115. The van der Waals surface area contributed by atoms with Crippen LogP contribution in [0.15, 0.2) is 41.8 Å². The molecule has 2 aliphatic carbocycles. The summed E-state index contributed by atoms with van der Waals surface area (Å²) in [6, 6.07) is 9.90. The molecule has 2 saturated carbocycles. The van der Waals surface area contributed by atoms with Gasteiger partial charge in [-0.2, -0.15) is 13.2 Å². The van der Waals surface area contributed by atoms with Gasteiger partial charge in [0.15, 0.2) is 5.60 Å². The molecule has 0 radical (unpaired) electrons. The van der Waals surface area contributed by atoms with Crippen LogP contribution in [0.1, 0.15) is 72.2 Å². The lowest BCUT2D eigenvalue weighted by Gasteiger charge is -2.37. The molecule has 0 saturated heterocycles. The first-order valence-corrected chi connectivity index (χ1v) is 11.3. The third-order valence-corrected chi connectivity index (χ3v) is 7.49. The SMILES string of the molecule is C[C@](O)(c1ccc(C(=O)N(C2CC2)[C@H]2CC[C@@H](c3cccs3)CC2)cc1)C(F)(F)F. The third-order valence-electron chi connectivity index (χ3n) is 6.46. The van der Waals surface area contributed by atoms with Gasteiger partial charge >= 0.3 is 6.18 Å². The Balaban J connectivity index is 1.47. The average molecular weight is 438 g/mol. The van der Waals surface area contributed by atoms with Gasteiger partial charge in [-0.3, -0.25) is 4.79 Å². The number of hydrogen-bond acceptors (Lipinski definition) is 3. The monoisotopic (exact) mass is 437 g/mol. The Morgan fingerprint density at radius 2 is 1.57 bits per heavy atom. The van der Waals surface area contributed by atoms with Gasteiger partial charge in [-0.25, -0.2) is 0 Å². The zero-order chi connectivity index (χ0) is 21.5. The molecular formula is C23H26F3NO2S. The van der Waals surface area contributed by atoms with Crippen molar-refractivity contribution in [2.24, 2.45) is 0 Å². The number of carbonyl (C=O) groups is 1. The fourth-order valence-corrected chi connectivity index (χ4v) is 5.29. The van der Waals surface area contributed by atoms with E-state index < -0.39 is 11.8 Å². The highest BCUT2D eigenvalue weighted by molar-refractivity contribution is 7.10. The molecule has 1 aromatic carbocycles. The number of hydrogen-bond donors (Lipinski definition) is 1. The van der Waals surface area contributed by atoms with Gasteiger partial charge in [0, 0.05) is 22.5 Å². The van der Waals surface area contributed by atoms with Crippen molar-refractivity contribution in [3.8, 4) is 0 Å². The van der Waals surface area contributed by atoms with Crippen molar-refractivity contribution in [3.05, 3.63) is 57.8 Å². The Morgan fingerprint density at radius 1 is 1.00 bits per heavy atom. The summed E-state index contributed by atoms with van der Waals surface area (Å²) in [5, 5.41) is 11.9. The summed E-state index contributed by atoms with van der Waals surface area (Å²) in [5.41, 5.74) is -2.82. The molecule has 1 atom stereocenters. The van der Waals surface area contributed by atoms with Gasteiger partial charge in [0.25, 0.3) is 5.91 Å². The van der Waals surface area contributed by atoms with Crippen molar-refractivity contribution in [3.63, 3.8) is 0 Å². The van der Waals surface area contributed by atoms with Crippen LogP contribution in [-0.4, -0.2) is 34.2 Å². The van der Waals surface area contributed by atoms with Crippen molar-refractivity contribution in [2.45, 2.75) is 75.2 Å². The Bertz CT molecular complexity index is 865. The summed E-state index contributed by atoms with van der Waals surface area (Å²) in [6.45, 7) is 0.729. The third kappa shape index (κ3) is 4.14. The quantitative estimate of drug-likeness (QED) is 0.638. The van der Waals surface area contributed by atoms with E-state index >= 15 is 0 Å². The first-order valence-electron chi connectivity index (χ1n) is 10.4. The number of carbonyl (C=O) groups excluding carboxylic acids is 1. The topological polar surface area (TPSA) is 40.5 Å². The normalized spacial score (nSPS) is 24.3. The molecule has 2 aliphatic rings. The minimum atomic E-state index is -4.78. The smallest absolute Gasteiger partial charge is 0.376 e. The molecule has 0 aliphatic heterocycles. The summed E-state index contributed by atoms with van der Waals surface area (Å²) in [4.78, 5) is 16.6. The van der Waals surface area contributed by atoms with E-state index in [4.69, 9.17) is 0 Å². The van der Waals surface area contributed by atoms with Gasteiger partial charge in [-0.1, -0.05) is 18.2 Å². The lowest BCUT2D eigenvalue weighted by molar-refractivity contribution is -0.258. The van der Waals surface area contributed by atoms with Crippen molar-refractivity contribution >= 4 is 17.2 Å². The van der Waals surface area contributed by atoms with Gasteiger partial charge < -0.3 is 10.0 Å². The largest absolute Gasteiger partial charge is 0.421 e. The van der Waals surface area contributed by atoms with Crippen LogP contribution in [0.2, 0.25) is 0 Å². The fraction of sp³-hybridized carbons (Fsp3) is 0.522. The molecule has 30 heavy (non-hydrogen) atoms. The summed E-state index contributed by atoms with van der Waals surface area (Å²) < 4.78 is 39.2. The highest BCUT2D eigenvalue weighted by Crippen LogP contribution is 2.41. The first kappa shape index (κ1) is 21.4. The maximum atomic E-state index is 13.2. The number of rotatable bonds is 5. The van der Waals surface area contributed by atoms with Crippen LogP contribution in [0.25, 0.3) is 0 Å². The zero-order valence-corrected chi connectivity index (χ0v) is 17.7. The van der Waals surface area contributed by atoms with E-state index in [-0.39, 0.29) is 23.6 Å². The van der Waals surface area contributed by atoms with E-state index in [0.29, 0.717) is 11.5 Å². The Kier molecular flexibility index (Phi) is 5.70. The second-order valence-corrected chi connectivity index (χ2v) is 9.59. The van der Waals surface area contributed by atoms with Crippen molar-refractivity contribution in [2.75, 3.05) is 0 Å². The van der Waals surface area contributed by atoms with E-state index in [2.05, 4.69) is 17.5 Å². The predicted molar refractivity (Wildman–Crippen MR) is 111 cm³/mol. The van der Waals surface area contributed by atoms with Crippen molar-refractivity contribution < 1.29 is 23.1 Å². The summed E-state index contributed by atoms with van der Waals surface area (Å²) >= 11 is 1.78. The number of benzene rings is 1. The van der Waals surface area contributed by atoms with Crippen molar-refractivity contribution in [1.82, 2.24) is 4.90 Å².